The first-order valence-electron chi connectivity index (χ1n) is 11.0. The summed E-state index contributed by atoms with van der Waals surface area (Å²) in [5, 5.41) is 3.00. The molecule has 1 heterocycles. The first-order valence-corrected chi connectivity index (χ1v) is 13.7. The molecule has 2 aliphatic carbocycles. The average molecular weight is 619 g/mol. The fraction of sp³-hybridized carbons (Fsp3) is 0.609. The van der Waals surface area contributed by atoms with Gasteiger partial charge >= 0.3 is 0 Å². The number of carbonyl (C=O) groups excluding carboxylic acids is 3. The average Bonchev–Trinajstić information content (AvgIpc) is 3.35. The standard InChI is InChI=1S/C23H27Br3N2O3/c1-2-12-10-13(24)7-8-16(12)27-17(29)6-4-3-5-9-28-22(30)18-14-11-15(19(18)23(28)31)21(26)20(14)25/h7-8,10,14-15,18-21H,2-6,9,11H2,1H3,(H,27,29)/t14-,15-,18-,19-,20-,21+/m1/s1. The normalized spacial score (nSPS) is 31.4. The van der Waals surface area contributed by atoms with Crippen molar-refractivity contribution in [3.8, 4) is 0 Å². The van der Waals surface area contributed by atoms with Crippen LogP contribution >= 0.6 is 47.8 Å². The fourth-order valence-corrected chi connectivity index (χ4v) is 7.83. The molecule has 5 nitrogen and oxygen atoms in total. The molecule has 3 aliphatic rings. The third-order valence-electron chi connectivity index (χ3n) is 7.09. The van der Waals surface area contributed by atoms with Gasteiger partial charge in [-0.25, -0.2) is 0 Å². The van der Waals surface area contributed by atoms with Crippen LogP contribution in [0.5, 0.6) is 0 Å². The van der Waals surface area contributed by atoms with Gasteiger partial charge in [0.2, 0.25) is 17.7 Å². The summed E-state index contributed by atoms with van der Waals surface area (Å²) in [5.74, 6) is 0.286. The van der Waals surface area contributed by atoms with Crippen LogP contribution in [0.2, 0.25) is 0 Å². The molecular formula is C23H27Br3N2O3. The first kappa shape index (κ1) is 23.4. The van der Waals surface area contributed by atoms with Crippen molar-refractivity contribution >= 4 is 71.2 Å². The summed E-state index contributed by atoms with van der Waals surface area (Å²) in [5.41, 5.74) is 1.96. The first-order chi connectivity index (χ1) is 14.8. The van der Waals surface area contributed by atoms with Crippen LogP contribution in [0.15, 0.2) is 22.7 Å². The fourth-order valence-electron chi connectivity index (χ4n) is 5.55. The molecule has 3 fully saturated rings. The lowest BCUT2D eigenvalue weighted by atomic mass is 9.81. The van der Waals surface area contributed by atoms with E-state index in [0.29, 0.717) is 13.0 Å². The van der Waals surface area contributed by atoms with Gasteiger partial charge in [0, 0.05) is 32.8 Å². The Balaban J connectivity index is 1.22. The number of amides is 3. The van der Waals surface area contributed by atoms with Gasteiger partial charge in [-0.05, 0) is 61.3 Å². The number of rotatable bonds is 8. The number of unbranched alkanes of at least 4 members (excludes halogenated alkanes) is 2. The van der Waals surface area contributed by atoms with E-state index in [0.717, 1.165) is 47.8 Å². The van der Waals surface area contributed by atoms with Crippen molar-refractivity contribution in [2.24, 2.45) is 23.7 Å². The molecule has 3 amide bonds. The zero-order valence-electron chi connectivity index (χ0n) is 17.5. The van der Waals surface area contributed by atoms with Crippen LogP contribution in [0.4, 0.5) is 5.69 Å². The second kappa shape index (κ2) is 9.64. The summed E-state index contributed by atoms with van der Waals surface area (Å²) in [7, 11) is 0. The lowest BCUT2D eigenvalue weighted by molar-refractivity contribution is -0.140. The number of nitrogens with one attached hydrogen (secondary N) is 1. The predicted octanol–water partition coefficient (Wildman–Crippen LogP) is 5.29. The monoisotopic (exact) mass is 616 g/mol. The summed E-state index contributed by atoms with van der Waals surface area (Å²) < 4.78 is 1.00. The van der Waals surface area contributed by atoms with E-state index < -0.39 is 0 Å². The number of fused-ring (bicyclic) bond motifs is 5. The van der Waals surface area contributed by atoms with E-state index in [4.69, 9.17) is 0 Å². The molecule has 0 unspecified atom stereocenters. The van der Waals surface area contributed by atoms with E-state index in [1.165, 1.54) is 4.90 Å². The highest BCUT2D eigenvalue weighted by molar-refractivity contribution is 9.12. The van der Waals surface area contributed by atoms with Crippen LogP contribution in [0, 0.1) is 23.7 Å². The van der Waals surface area contributed by atoms with Crippen LogP contribution in [0.3, 0.4) is 0 Å². The number of likely N-dealkylation sites (tertiary alicyclic amines) is 1. The summed E-state index contributed by atoms with van der Waals surface area (Å²) in [6.45, 7) is 2.53. The minimum Gasteiger partial charge on any atom is -0.326 e. The van der Waals surface area contributed by atoms with Crippen molar-refractivity contribution in [2.45, 2.75) is 55.1 Å². The molecule has 1 aliphatic heterocycles. The van der Waals surface area contributed by atoms with Crippen LogP contribution < -0.4 is 5.32 Å². The Hall–Kier alpha value is -0.730. The topological polar surface area (TPSA) is 66.5 Å². The molecule has 8 heteroatoms. The van der Waals surface area contributed by atoms with Gasteiger partial charge < -0.3 is 5.32 Å². The Morgan fingerprint density at radius 2 is 1.71 bits per heavy atom. The molecule has 6 atom stereocenters. The maximum Gasteiger partial charge on any atom is 0.233 e. The molecule has 0 aromatic heterocycles. The van der Waals surface area contributed by atoms with Crippen LogP contribution in [0.1, 0.15) is 44.6 Å². The van der Waals surface area contributed by atoms with Gasteiger partial charge in [0.25, 0.3) is 0 Å². The molecule has 2 bridgehead atoms. The SMILES string of the molecule is CCc1cc(Br)ccc1NC(=O)CCCCCN1C(=O)[C@@H]2[C@H]3C[C@@H]([C@@H](Br)[C@H]3Br)[C@H]2C1=O. The number of carbonyl (C=O) groups is 3. The minimum atomic E-state index is -0.139. The third-order valence-corrected chi connectivity index (χ3v) is 10.8. The van der Waals surface area contributed by atoms with E-state index in [1.807, 2.05) is 18.2 Å². The largest absolute Gasteiger partial charge is 0.326 e. The molecular weight excluding hydrogens is 592 g/mol. The van der Waals surface area contributed by atoms with Crippen molar-refractivity contribution in [3.63, 3.8) is 0 Å². The number of nitrogens with zero attached hydrogens (tertiary/aromatic N) is 1. The van der Waals surface area contributed by atoms with E-state index >= 15 is 0 Å². The van der Waals surface area contributed by atoms with Crippen LogP contribution in [-0.4, -0.2) is 38.8 Å². The highest BCUT2D eigenvalue weighted by Crippen LogP contribution is 2.60. The molecule has 1 N–H and O–H groups in total. The molecule has 1 aromatic rings. The molecule has 0 radical (unpaired) electrons. The quantitative estimate of drug-likeness (QED) is 0.245. The Morgan fingerprint density at radius 3 is 2.32 bits per heavy atom. The van der Waals surface area contributed by atoms with Crippen molar-refractivity contribution in [1.82, 2.24) is 4.90 Å². The van der Waals surface area contributed by atoms with Gasteiger partial charge in [-0.15, -0.1) is 0 Å². The number of alkyl halides is 2. The molecule has 4 rings (SSSR count). The van der Waals surface area contributed by atoms with Crippen LogP contribution in [-0.2, 0) is 20.8 Å². The van der Waals surface area contributed by atoms with Gasteiger partial charge in [-0.3, -0.25) is 19.3 Å². The maximum atomic E-state index is 12.9. The lowest BCUT2D eigenvalue weighted by Crippen LogP contribution is -2.37. The Bertz CT molecular complexity index is 861. The maximum absolute atomic E-state index is 12.9. The predicted molar refractivity (Wildman–Crippen MR) is 131 cm³/mol. The van der Waals surface area contributed by atoms with E-state index in [1.54, 1.807) is 0 Å². The van der Waals surface area contributed by atoms with Crippen molar-refractivity contribution in [1.29, 1.82) is 0 Å². The highest BCUT2D eigenvalue weighted by atomic mass is 79.9. The lowest BCUT2D eigenvalue weighted by Gasteiger charge is -2.28. The van der Waals surface area contributed by atoms with E-state index in [2.05, 4.69) is 60.0 Å². The van der Waals surface area contributed by atoms with Crippen molar-refractivity contribution < 1.29 is 14.4 Å². The molecule has 0 spiro atoms. The zero-order valence-corrected chi connectivity index (χ0v) is 22.2. The van der Waals surface area contributed by atoms with Gasteiger partial charge in [0.15, 0.2) is 0 Å². The Morgan fingerprint density at radius 1 is 1.06 bits per heavy atom. The molecule has 31 heavy (non-hydrogen) atoms. The number of hydrogen-bond donors (Lipinski definition) is 1. The number of anilines is 1. The minimum absolute atomic E-state index is 0.00294. The number of hydrogen-bond acceptors (Lipinski definition) is 3. The molecule has 1 saturated heterocycles. The Kier molecular flexibility index (Phi) is 7.28. The summed E-state index contributed by atoms with van der Waals surface area (Å²) in [6.07, 6.45) is 4.55. The highest BCUT2D eigenvalue weighted by Gasteiger charge is 2.66. The number of aryl methyl sites for hydroxylation is 1. The molecule has 168 valence electrons. The third kappa shape index (κ3) is 4.41. The molecule has 1 aromatic carbocycles. The second-order valence-corrected chi connectivity index (χ2v) is 11.9. The van der Waals surface area contributed by atoms with Gasteiger partial charge in [0.1, 0.15) is 0 Å². The van der Waals surface area contributed by atoms with E-state index in [9.17, 15) is 14.4 Å². The molecule has 2 saturated carbocycles. The summed E-state index contributed by atoms with van der Waals surface area (Å²) in [6, 6.07) is 5.87. The Labute approximate surface area is 208 Å². The van der Waals surface area contributed by atoms with Crippen LogP contribution in [0.25, 0.3) is 0 Å². The number of benzene rings is 1. The number of imide groups is 1. The van der Waals surface area contributed by atoms with Gasteiger partial charge in [-0.1, -0.05) is 61.1 Å². The smallest absolute Gasteiger partial charge is 0.233 e. The number of halogens is 3. The summed E-state index contributed by atoms with van der Waals surface area (Å²) in [4.78, 5) is 40.1. The van der Waals surface area contributed by atoms with E-state index in [-0.39, 0.29) is 51.0 Å². The summed E-state index contributed by atoms with van der Waals surface area (Å²) >= 11 is 10.9. The van der Waals surface area contributed by atoms with Crippen molar-refractivity contribution in [3.05, 3.63) is 28.2 Å². The second-order valence-electron chi connectivity index (χ2n) is 8.85. The zero-order chi connectivity index (χ0) is 22.3. The van der Waals surface area contributed by atoms with Crippen molar-refractivity contribution in [2.75, 3.05) is 11.9 Å². The van der Waals surface area contributed by atoms with Gasteiger partial charge in [-0.2, -0.15) is 0 Å². The van der Waals surface area contributed by atoms with Gasteiger partial charge in [0.05, 0.1) is 11.8 Å².